The average Bonchev–Trinajstić information content (AvgIpc) is 2.73. The summed E-state index contributed by atoms with van der Waals surface area (Å²) in [5.41, 5.74) is -0.505. The molecule has 0 N–H and O–H groups in total. The van der Waals surface area contributed by atoms with Crippen LogP contribution in [0.15, 0.2) is 24.5 Å². The monoisotopic (exact) mass is 285 g/mol. The van der Waals surface area contributed by atoms with Crippen LogP contribution in [0.1, 0.15) is 19.4 Å². The van der Waals surface area contributed by atoms with Crippen LogP contribution >= 0.6 is 0 Å². The van der Waals surface area contributed by atoms with Gasteiger partial charge in [0, 0.05) is 12.6 Å². The highest BCUT2D eigenvalue weighted by molar-refractivity contribution is 5.59. The van der Waals surface area contributed by atoms with E-state index in [0.717, 1.165) is 12.1 Å². The lowest BCUT2D eigenvalue weighted by atomic mass is 10.1. The van der Waals surface area contributed by atoms with Crippen LogP contribution in [0.4, 0.5) is 13.2 Å². The first-order valence-corrected chi connectivity index (χ1v) is 6.00. The standard InChI is InChI=1S/C13H14F3N3O/c1-8(2)20-11-5-9(12-17-7-19(3)18-12)4-10(6-11)13(14,15)16/h4-8H,1-3H3. The van der Waals surface area contributed by atoms with Crippen molar-refractivity contribution in [2.75, 3.05) is 0 Å². The lowest BCUT2D eigenvalue weighted by molar-refractivity contribution is -0.137. The second-order valence-corrected chi connectivity index (χ2v) is 4.65. The number of ether oxygens (including phenoxy) is 1. The van der Waals surface area contributed by atoms with Crippen molar-refractivity contribution in [1.82, 2.24) is 14.8 Å². The fraction of sp³-hybridized carbons (Fsp3) is 0.385. The molecule has 0 amide bonds. The van der Waals surface area contributed by atoms with E-state index in [1.165, 1.54) is 17.1 Å². The maximum absolute atomic E-state index is 12.9. The summed E-state index contributed by atoms with van der Waals surface area (Å²) in [6.07, 6.45) is -3.23. The molecule has 0 unspecified atom stereocenters. The second-order valence-electron chi connectivity index (χ2n) is 4.65. The van der Waals surface area contributed by atoms with Gasteiger partial charge >= 0.3 is 6.18 Å². The summed E-state index contributed by atoms with van der Waals surface area (Å²) in [6.45, 7) is 3.50. The maximum Gasteiger partial charge on any atom is 0.416 e. The predicted molar refractivity (Wildman–Crippen MR) is 67.2 cm³/mol. The lowest BCUT2D eigenvalue weighted by Gasteiger charge is -2.14. The zero-order valence-corrected chi connectivity index (χ0v) is 11.3. The van der Waals surface area contributed by atoms with E-state index in [9.17, 15) is 13.2 Å². The van der Waals surface area contributed by atoms with Crippen LogP contribution < -0.4 is 4.74 Å². The summed E-state index contributed by atoms with van der Waals surface area (Å²) in [5, 5.41) is 4.01. The van der Waals surface area contributed by atoms with Gasteiger partial charge in [-0.2, -0.15) is 18.3 Å². The van der Waals surface area contributed by atoms with Crippen molar-refractivity contribution in [3.63, 3.8) is 0 Å². The SMILES string of the molecule is CC(C)Oc1cc(-c2ncn(C)n2)cc(C(F)(F)F)c1. The number of aryl methyl sites for hydroxylation is 1. The molecule has 0 aliphatic heterocycles. The molecular weight excluding hydrogens is 271 g/mol. The van der Waals surface area contributed by atoms with Crippen LogP contribution in [0.2, 0.25) is 0 Å². The van der Waals surface area contributed by atoms with Crippen LogP contribution in [0.3, 0.4) is 0 Å². The van der Waals surface area contributed by atoms with E-state index in [2.05, 4.69) is 10.1 Å². The third-order valence-electron chi connectivity index (χ3n) is 2.46. The molecule has 0 atom stereocenters. The van der Waals surface area contributed by atoms with Crippen molar-refractivity contribution < 1.29 is 17.9 Å². The van der Waals surface area contributed by atoms with Crippen molar-refractivity contribution in [2.24, 2.45) is 7.05 Å². The van der Waals surface area contributed by atoms with Crippen molar-refractivity contribution in [1.29, 1.82) is 0 Å². The molecule has 0 fully saturated rings. The van der Waals surface area contributed by atoms with Gasteiger partial charge in [-0.3, -0.25) is 4.68 Å². The second kappa shape index (κ2) is 5.15. The number of hydrogen-bond acceptors (Lipinski definition) is 3. The molecule has 0 radical (unpaired) electrons. The molecule has 0 spiro atoms. The molecule has 20 heavy (non-hydrogen) atoms. The number of halogens is 3. The van der Waals surface area contributed by atoms with Crippen molar-refractivity contribution in [3.05, 3.63) is 30.1 Å². The normalized spacial score (nSPS) is 11.9. The van der Waals surface area contributed by atoms with Crippen LogP contribution in [0, 0.1) is 0 Å². The third-order valence-corrected chi connectivity index (χ3v) is 2.46. The predicted octanol–water partition coefficient (Wildman–Crippen LogP) is 3.29. The Morgan fingerprint density at radius 2 is 1.90 bits per heavy atom. The summed E-state index contributed by atoms with van der Waals surface area (Å²) < 4.78 is 45.5. The van der Waals surface area contributed by atoms with Gasteiger partial charge in [0.25, 0.3) is 0 Å². The minimum absolute atomic E-state index is 0.150. The Morgan fingerprint density at radius 3 is 2.40 bits per heavy atom. The number of nitrogens with zero attached hydrogens (tertiary/aromatic N) is 3. The summed E-state index contributed by atoms with van der Waals surface area (Å²) >= 11 is 0. The molecule has 1 heterocycles. The third kappa shape index (κ3) is 3.28. The van der Waals surface area contributed by atoms with Crippen molar-refractivity contribution in [2.45, 2.75) is 26.1 Å². The zero-order valence-electron chi connectivity index (χ0n) is 11.3. The highest BCUT2D eigenvalue weighted by Gasteiger charge is 2.32. The first-order valence-electron chi connectivity index (χ1n) is 6.00. The van der Waals surface area contributed by atoms with E-state index in [1.54, 1.807) is 20.9 Å². The molecule has 0 aliphatic carbocycles. The topological polar surface area (TPSA) is 39.9 Å². The maximum atomic E-state index is 12.9. The zero-order chi connectivity index (χ0) is 14.9. The molecule has 1 aromatic carbocycles. The van der Waals surface area contributed by atoms with Gasteiger partial charge in [-0.15, -0.1) is 0 Å². The molecular formula is C13H14F3N3O. The molecule has 2 aromatic rings. The van der Waals surface area contributed by atoms with Crippen LogP contribution in [-0.2, 0) is 13.2 Å². The number of aromatic nitrogens is 3. The van der Waals surface area contributed by atoms with Gasteiger partial charge < -0.3 is 4.74 Å². The van der Waals surface area contributed by atoms with Crippen LogP contribution in [0.5, 0.6) is 5.75 Å². The molecule has 0 bridgehead atoms. The minimum atomic E-state index is -4.44. The molecule has 0 saturated carbocycles. The van der Waals surface area contributed by atoms with Gasteiger partial charge in [0.05, 0.1) is 11.7 Å². The van der Waals surface area contributed by atoms with Gasteiger partial charge in [0.15, 0.2) is 5.82 Å². The Bertz CT molecular complexity index is 605. The van der Waals surface area contributed by atoms with E-state index in [0.29, 0.717) is 0 Å². The molecule has 0 saturated heterocycles. The molecule has 4 nitrogen and oxygen atoms in total. The number of rotatable bonds is 3. The molecule has 2 rings (SSSR count). The fourth-order valence-corrected chi connectivity index (χ4v) is 1.70. The molecule has 0 aliphatic rings. The van der Waals surface area contributed by atoms with Crippen molar-refractivity contribution in [3.8, 4) is 17.1 Å². The molecule has 108 valence electrons. The molecule has 7 heteroatoms. The summed E-state index contributed by atoms with van der Waals surface area (Å²) in [5.74, 6) is 0.379. The van der Waals surface area contributed by atoms with Gasteiger partial charge in [0.1, 0.15) is 12.1 Å². The summed E-state index contributed by atoms with van der Waals surface area (Å²) in [6, 6.07) is 3.50. The Kier molecular flexibility index (Phi) is 3.69. The highest BCUT2D eigenvalue weighted by atomic mass is 19.4. The van der Waals surface area contributed by atoms with Gasteiger partial charge in [-0.1, -0.05) is 0 Å². The largest absolute Gasteiger partial charge is 0.491 e. The highest BCUT2D eigenvalue weighted by Crippen LogP contribution is 2.35. The number of hydrogen-bond donors (Lipinski definition) is 0. The smallest absolute Gasteiger partial charge is 0.416 e. The van der Waals surface area contributed by atoms with E-state index >= 15 is 0 Å². The summed E-state index contributed by atoms with van der Waals surface area (Å²) in [4.78, 5) is 3.96. The van der Waals surface area contributed by atoms with Gasteiger partial charge in [0.2, 0.25) is 0 Å². The van der Waals surface area contributed by atoms with Crippen LogP contribution in [0.25, 0.3) is 11.4 Å². The number of alkyl halides is 3. The summed E-state index contributed by atoms with van der Waals surface area (Å²) in [7, 11) is 1.65. The number of benzene rings is 1. The van der Waals surface area contributed by atoms with E-state index < -0.39 is 11.7 Å². The van der Waals surface area contributed by atoms with Gasteiger partial charge in [-0.05, 0) is 32.0 Å². The Morgan fingerprint density at radius 1 is 1.20 bits per heavy atom. The average molecular weight is 285 g/mol. The van der Waals surface area contributed by atoms with Gasteiger partial charge in [-0.25, -0.2) is 4.98 Å². The van der Waals surface area contributed by atoms with Crippen LogP contribution in [-0.4, -0.2) is 20.9 Å². The lowest BCUT2D eigenvalue weighted by Crippen LogP contribution is -2.09. The quantitative estimate of drug-likeness (QED) is 0.868. The van der Waals surface area contributed by atoms with E-state index in [4.69, 9.17) is 4.74 Å². The van der Waals surface area contributed by atoms with E-state index in [1.807, 2.05) is 0 Å². The Balaban J connectivity index is 2.50. The van der Waals surface area contributed by atoms with Crippen molar-refractivity contribution >= 4 is 0 Å². The Hall–Kier alpha value is -2.05. The Labute approximate surface area is 114 Å². The molecule has 1 aromatic heterocycles. The minimum Gasteiger partial charge on any atom is -0.491 e. The fourth-order valence-electron chi connectivity index (χ4n) is 1.70. The first-order chi connectivity index (χ1) is 9.25. The van der Waals surface area contributed by atoms with E-state index in [-0.39, 0.29) is 23.2 Å². The first kappa shape index (κ1) is 14.4.